The standard InChI is InChI=1S/C16H24O3/c1-10(9-17)8-11(2)15-13(4)14-7-6-12(3)16(5,18-14)19-15/h6,8-9,11,13-15H,7H2,1-5H3/b10-8+/t11-,13+,14-,15-,16-/m1/s1. The smallest absolute Gasteiger partial charge is 0.188 e. The molecule has 0 amide bonds. The van der Waals surface area contributed by atoms with Gasteiger partial charge >= 0.3 is 0 Å². The van der Waals surface area contributed by atoms with Crippen molar-refractivity contribution < 1.29 is 14.3 Å². The average molecular weight is 264 g/mol. The van der Waals surface area contributed by atoms with Crippen molar-refractivity contribution in [1.82, 2.24) is 0 Å². The maximum Gasteiger partial charge on any atom is 0.188 e. The summed E-state index contributed by atoms with van der Waals surface area (Å²) in [5.74, 6) is -0.0722. The third-order valence-electron chi connectivity index (χ3n) is 4.44. The van der Waals surface area contributed by atoms with E-state index in [4.69, 9.17) is 9.47 Å². The maximum absolute atomic E-state index is 10.8. The summed E-state index contributed by atoms with van der Waals surface area (Å²) in [6, 6.07) is 0. The van der Waals surface area contributed by atoms with Crippen LogP contribution in [0.3, 0.4) is 0 Å². The van der Waals surface area contributed by atoms with E-state index in [1.807, 2.05) is 19.9 Å². The minimum atomic E-state index is -0.600. The van der Waals surface area contributed by atoms with Crippen LogP contribution in [0.1, 0.15) is 41.0 Å². The van der Waals surface area contributed by atoms with Crippen LogP contribution in [0.4, 0.5) is 0 Å². The first-order chi connectivity index (χ1) is 8.87. The molecule has 2 heterocycles. The lowest BCUT2D eigenvalue weighted by Gasteiger charge is -2.50. The van der Waals surface area contributed by atoms with Gasteiger partial charge in [0.15, 0.2) is 5.79 Å². The Morgan fingerprint density at radius 2 is 2.21 bits per heavy atom. The molecule has 0 saturated carbocycles. The molecular weight excluding hydrogens is 240 g/mol. The molecule has 2 bridgehead atoms. The van der Waals surface area contributed by atoms with Gasteiger partial charge in [0.25, 0.3) is 0 Å². The molecule has 1 saturated heterocycles. The number of carbonyl (C=O) groups is 1. The third kappa shape index (κ3) is 2.67. The van der Waals surface area contributed by atoms with E-state index in [-0.39, 0.29) is 18.1 Å². The molecular formula is C16H24O3. The number of aldehydes is 1. The highest BCUT2D eigenvalue weighted by Crippen LogP contribution is 2.43. The van der Waals surface area contributed by atoms with Crippen LogP contribution in [0, 0.1) is 11.8 Å². The topological polar surface area (TPSA) is 35.5 Å². The van der Waals surface area contributed by atoms with Gasteiger partial charge in [0.1, 0.15) is 6.29 Å². The number of hydrogen-bond donors (Lipinski definition) is 0. The molecule has 0 unspecified atom stereocenters. The molecule has 2 aliphatic rings. The van der Waals surface area contributed by atoms with Crippen molar-refractivity contribution in [3.05, 3.63) is 23.3 Å². The Labute approximate surface area is 115 Å². The Hall–Kier alpha value is -0.930. The first kappa shape index (κ1) is 14.5. The van der Waals surface area contributed by atoms with Gasteiger partial charge in [-0.25, -0.2) is 0 Å². The minimum absolute atomic E-state index is 0.0855. The van der Waals surface area contributed by atoms with Crippen molar-refractivity contribution in [3.8, 4) is 0 Å². The van der Waals surface area contributed by atoms with Crippen molar-refractivity contribution in [2.45, 2.75) is 59.0 Å². The number of fused-ring (bicyclic) bond motifs is 2. The van der Waals surface area contributed by atoms with E-state index >= 15 is 0 Å². The van der Waals surface area contributed by atoms with Crippen molar-refractivity contribution in [2.24, 2.45) is 11.8 Å². The van der Waals surface area contributed by atoms with Crippen LogP contribution in [0.2, 0.25) is 0 Å². The van der Waals surface area contributed by atoms with Gasteiger partial charge in [0.2, 0.25) is 0 Å². The second-order valence-corrected chi connectivity index (χ2v) is 6.05. The zero-order valence-electron chi connectivity index (χ0n) is 12.5. The molecule has 1 fully saturated rings. The van der Waals surface area contributed by atoms with Gasteiger partial charge in [-0.15, -0.1) is 0 Å². The molecule has 3 heteroatoms. The minimum Gasteiger partial charge on any atom is -0.342 e. The highest BCUT2D eigenvalue weighted by Gasteiger charge is 2.47. The van der Waals surface area contributed by atoms with Crippen LogP contribution >= 0.6 is 0 Å². The lowest BCUT2D eigenvalue weighted by atomic mass is 9.82. The Bertz CT molecular complexity index is 424. The fourth-order valence-electron chi connectivity index (χ4n) is 3.06. The first-order valence-corrected chi connectivity index (χ1v) is 7.04. The molecule has 3 nitrogen and oxygen atoms in total. The van der Waals surface area contributed by atoms with Crippen molar-refractivity contribution in [3.63, 3.8) is 0 Å². The Morgan fingerprint density at radius 1 is 1.53 bits per heavy atom. The Balaban J connectivity index is 2.23. The van der Waals surface area contributed by atoms with Crippen LogP contribution in [-0.4, -0.2) is 24.3 Å². The number of hydrogen-bond acceptors (Lipinski definition) is 3. The normalized spacial score (nSPS) is 40.6. The number of carbonyl (C=O) groups excluding carboxylic acids is 1. The second kappa shape index (κ2) is 5.22. The molecule has 2 rings (SSSR count). The zero-order chi connectivity index (χ0) is 14.2. The second-order valence-electron chi connectivity index (χ2n) is 6.05. The predicted octanol–water partition coefficient (Wildman–Crippen LogP) is 3.25. The average Bonchev–Trinajstić information content (AvgIpc) is 2.37. The van der Waals surface area contributed by atoms with Crippen LogP contribution in [-0.2, 0) is 14.3 Å². The fraction of sp³-hybridized carbons (Fsp3) is 0.688. The molecule has 0 aliphatic carbocycles. The van der Waals surface area contributed by atoms with Crippen molar-refractivity contribution in [2.75, 3.05) is 0 Å². The molecule has 5 atom stereocenters. The van der Waals surface area contributed by atoms with Crippen LogP contribution in [0.5, 0.6) is 0 Å². The highest BCUT2D eigenvalue weighted by molar-refractivity contribution is 5.72. The number of rotatable bonds is 3. The third-order valence-corrected chi connectivity index (χ3v) is 4.44. The largest absolute Gasteiger partial charge is 0.342 e. The molecule has 2 aliphatic heterocycles. The summed E-state index contributed by atoms with van der Waals surface area (Å²) >= 11 is 0. The van der Waals surface area contributed by atoms with Gasteiger partial charge in [-0.1, -0.05) is 26.0 Å². The van der Waals surface area contributed by atoms with Gasteiger partial charge < -0.3 is 9.47 Å². The fourth-order valence-corrected chi connectivity index (χ4v) is 3.06. The molecule has 106 valence electrons. The van der Waals surface area contributed by atoms with E-state index in [9.17, 15) is 4.79 Å². The summed E-state index contributed by atoms with van der Waals surface area (Å²) in [7, 11) is 0. The molecule has 0 spiro atoms. The first-order valence-electron chi connectivity index (χ1n) is 7.04. The lowest BCUT2D eigenvalue weighted by molar-refractivity contribution is -0.318. The maximum atomic E-state index is 10.8. The molecule has 0 aromatic heterocycles. The summed E-state index contributed by atoms with van der Waals surface area (Å²) in [5, 5.41) is 0. The Morgan fingerprint density at radius 3 is 2.84 bits per heavy atom. The summed E-state index contributed by atoms with van der Waals surface area (Å²) < 4.78 is 12.3. The zero-order valence-corrected chi connectivity index (χ0v) is 12.5. The van der Waals surface area contributed by atoms with Gasteiger partial charge in [-0.05, 0) is 38.3 Å². The number of ether oxygens (including phenoxy) is 2. The van der Waals surface area contributed by atoms with Crippen molar-refractivity contribution >= 4 is 6.29 Å². The van der Waals surface area contributed by atoms with Gasteiger partial charge in [-0.2, -0.15) is 0 Å². The van der Waals surface area contributed by atoms with E-state index in [2.05, 4.69) is 26.8 Å². The quantitative estimate of drug-likeness (QED) is 0.446. The monoisotopic (exact) mass is 264 g/mol. The predicted molar refractivity (Wildman–Crippen MR) is 74.7 cm³/mol. The molecule has 0 radical (unpaired) electrons. The summed E-state index contributed by atoms with van der Waals surface area (Å²) in [4.78, 5) is 10.8. The van der Waals surface area contributed by atoms with E-state index in [0.29, 0.717) is 5.92 Å². The van der Waals surface area contributed by atoms with Gasteiger partial charge in [0.05, 0.1) is 12.2 Å². The lowest BCUT2D eigenvalue weighted by Crippen LogP contribution is -2.55. The van der Waals surface area contributed by atoms with Gasteiger partial charge in [0, 0.05) is 11.8 Å². The SMILES string of the molecule is CC1=CC[C@H]2O[C@]1(C)O[C@H]([C@H](C)/C=C(\C)C=O)[C@H]2C. The summed E-state index contributed by atoms with van der Waals surface area (Å²) in [5.41, 5.74) is 1.90. The van der Waals surface area contributed by atoms with E-state index in [1.165, 1.54) is 0 Å². The Kier molecular flexibility index (Phi) is 3.98. The van der Waals surface area contributed by atoms with Crippen LogP contribution in [0.15, 0.2) is 23.3 Å². The summed E-state index contributed by atoms with van der Waals surface area (Å²) in [6.45, 7) is 10.2. The van der Waals surface area contributed by atoms with Crippen molar-refractivity contribution in [1.29, 1.82) is 0 Å². The molecule has 0 N–H and O–H groups in total. The van der Waals surface area contributed by atoms with Crippen LogP contribution in [0.25, 0.3) is 0 Å². The molecule has 0 aromatic carbocycles. The van der Waals surface area contributed by atoms with E-state index in [0.717, 1.165) is 23.9 Å². The van der Waals surface area contributed by atoms with Crippen LogP contribution < -0.4 is 0 Å². The summed E-state index contributed by atoms with van der Waals surface area (Å²) in [6.07, 6.45) is 6.36. The molecule has 19 heavy (non-hydrogen) atoms. The number of allylic oxidation sites excluding steroid dienone is 1. The molecule has 0 aromatic rings. The van der Waals surface area contributed by atoms with E-state index in [1.54, 1.807) is 0 Å². The highest BCUT2D eigenvalue weighted by atomic mass is 16.7. The van der Waals surface area contributed by atoms with E-state index < -0.39 is 5.79 Å². The van der Waals surface area contributed by atoms with Gasteiger partial charge in [-0.3, -0.25) is 4.79 Å².